The smallest absolute Gasteiger partial charge is 0.332 e. The number of carbonyl (C=O) groups is 2. The largest absolute Gasteiger partial charge is 0.459 e. The summed E-state index contributed by atoms with van der Waals surface area (Å²) in [6.07, 6.45) is 5.13. The first-order chi connectivity index (χ1) is 18.1. The van der Waals surface area contributed by atoms with Crippen molar-refractivity contribution in [2.45, 2.75) is 70.6 Å². The van der Waals surface area contributed by atoms with E-state index < -0.39 is 5.54 Å². The number of benzene rings is 3. The lowest BCUT2D eigenvalue weighted by atomic mass is 9.92. The lowest BCUT2D eigenvalue weighted by Crippen LogP contribution is -2.55. The zero-order valence-corrected chi connectivity index (χ0v) is 21.5. The Morgan fingerprint density at radius 1 is 0.919 bits per heavy atom. The third-order valence-electron chi connectivity index (χ3n) is 7.24. The molecule has 4 rings (SSSR count). The molecule has 1 amide bonds. The third kappa shape index (κ3) is 6.09. The van der Waals surface area contributed by atoms with Gasteiger partial charge in [0.1, 0.15) is 12.1 Å². The van der Waals surface area contributed by atoms with Gasteiger partial charge < -0.3 is 9.64 Å². The van der Waals surface area contributed by atoms with Crippen molar-refractivity contribution in [3.05, 3.63) is 95.6 Å². The average molecular weight is 495 g/mol. The van der Waals surface area contributed by atoms with Crippen LogP contribution in [0.2, 0.25) is 0 Å². The highest BCUT2D eigenvalue weighted by Gasteiger charge is 2.49. The summed E-state index contributed by atoms with van der Waals surface area (Å²) in [7, 11) is 0. The Hall–Kier alpha value is -3.91. The summed E-state index contributed by atoms with van der Waals surface area (Å²) in [5.74, 6) is -0.308. The summed E-state index contributed by atoms with van der Waals surface area (Å²) in [4.78, 5) is 28.9. The Kier molecular flexibility index (Phi) is 8.74. The van der Waals surface area contributed by atoms with Gasteiger partial charge in [-0.25, -0.2) is 4.79 Å². The van der Waals surface area contributed by atoms with Crippen LogP contribution in [0.15, 0.2) is 78.9 Å². The van der Waals surface area contributed by atoms with Crippen molar-refractivity contribution in [3.63, 3.8) is 0 Å². The molecule has 190 valence electrons. The quantitative estimate of drug-likeness (QED) is 0.291. The van der Waals surface area contributed by atoms with E-state index in [0.29, 0.717) is 31.4 Å². The molecule has 1 saturated carbocycles. The van der Waals surface area contributed by atoms with E-state index in [1.807, 2.05) is 78.9 Å². The van der Waals surface area contributed by atoms with Gasteiger partial charge in [0, 0.05) is 13.0 Å². The maximum atomic E-state index is 13.6. The topological polar surface area (TPSA) is 70.4 Å². The summed E-state index contributed by atoms with van der Waals surface area (Å²) in [6, 6.07) is 27.4. The van der Waals surface area contributed by atoms with Crippen molar-refractivity contribution in [2.24, 2.45) is 0 Å². The minimum Gasteiger partial charge on any atom is -0.459 e. The Morgan fingerprint density at radius 2 is 1.59 bits per heavy atom. The monoisotopic (exact) mass is 494 g/mol. The first kappa shape index (κ1) is 26.2. The van der Waals surface area contributed by atoms with E-state index in [4.69, 9.17) is 4.74 Å². The van der Waals surface area contributed by atoms with E-state index in [1.54, 1.807) is 4.90 Å². The Balaban J connectivity index is 1.59. The highest BCUT2D eigenvalue weighted by Crippen LogP contribution is 2.38. The molecule has 0 N–H and O–H groups in total. The maximum absolute atomic E-state index is 13.6. The molecule has 0 spiro atoms. The molecule has 5 heteroatoms. The normalized spacial score (nSPS) is 14.1. The van der Waals surface area contributed by atoms with Crippen molar-refractivity contribution in [2.75, 3.05) is 0 Å². The summed E-state index contributed by atoms with van der Waals surface area (Å²) in [5, 5.41) is 9.47. The van der Waals surface area contributed by atoms with Crippen LogP contribution in [-0.2, 0) is 27.5 Å². The van der Waals surface area contributed by atoms with Crippen molar-refractivity contribution < 1.29 is 14.3 Å². The van der Waals surface area contributed by atoms with Crippen LogP contribution in [0.3, 0.4) is 0 Å². The zero-order valence-electron chi connectivity index (χ0n) is 21.5. The van der Waals surface area contributed by atoms with Gasteiger partial charge in [-0.05, 0) is 47.6 Å². The second-order valence-electron chi connectivity index (χ2n) is 9.74. The lowest BCUT2D eigenvalue weighted by molar-refractivity contribution is -0.166. The number of nitriles is 1. The van der Waals surface area contributed by atoms with Crippen LogP contribution in [0.1, 0.15) is 68.6 Å². The first-order valence-corrected chi connectivity index (χ1v) is 13.2. The van der Waals surface area contributed by atoms with E-state index >= 15 is 0 Å². The molecule has 1 fully saturated rings. The molecule has 5 nitrogen and oxygen atoms in total. The SMILES string of the molecule is CCCCC(=O)N(Cc1ccc(-c2ccccc2C#N)cc1)C1(C(=O)OCc2ccccc2)CCCC1. The number of ether oxygens (including phenoxy) is 1. The number of esters is 1. The van der Waals surface area contributed by atoms with Crippen molar-refractivity contribution >= 4 is 11.9 Å². The molecule has 3 aromatic rings. The van der Waals surface area contributed by atoms with Gasteiger partial charge in [-0.3, -0.25) is 4.79 Å². The molecule has 0 aliphatic heterocycles. The number of nitrogens with zero attached hydrogens (tertiary/aromatic N) is 2. The van der Waals surface area contributed by atoms with Gasteiger partial charge in [-0.15, -0.1) is 0 Å². The van der Waals surface area contributed by atoms with E-state index in [-0.39, 0.29) is 18.5 Å². The summed E-state index contributed by atoms with van der Waals surface area (Å²) in [5.41, 5.74) is 3.39. The molecular weight excluding hydrogens is 460 g/mol. The van der Waals surface area contributed by atoms with Gasteiger partial charge >= 0.3 is 5.97 Å². The van der Waals surface area contributed by atoms with Gasteiger partial charge in [0.2, 0.25) is 5.91 Å². The molecule has 3 aromatic carbocycles. The van der Waals surface area contributed by atoms with Crippen LogP contribution in [0.5, 0.6) is 0 Å². The molecule has 0 radical (unpaired) electrons. The molecule has 1 aliphatic rings. The zero-order chi connectivity index (χ0) is 26.1. The third-order valence-corrected chi connectivity index (χ3v) is 7.24. The number of amides is 1. The first-order valence-electron chi connectivity index (χ1n) is 13.2. The Bertz CT molecular complexity index is 1240. The van der Waals surface area contributed by atoms with Crippen LogP contribution in [0.4, 0.5) is 0 Å². The van der Waals surface area contributed by atoms with Crippen LogP contribution in [0.25, 0.3) is 11.1 Å². The van der Waals surface area contributed by atoms with E-state index in [2.05, 4.69) is 13.0 Å². The average Bonchev–Trinajstić information content (AvgIpc) is 3.45. The van der Waals surface area contributed by atoms with Crippen molar-refractivity contribution in [1.29, 1.82) is 5.26 Å². The molecule has 1 aliphatic carbocycles. The van der Waals surface area contributed by atoms with Gasteiger partial charge in [0.05, 0.1) is 11.6 Å². The van der Waals surface area contributed by atoms with Crippen LogP contribution in [-0.4, -0.2) is 22.3 Å². The minimum absolute atomic E-state index is 0.000635. The predicted octanol–water partition coefficient (Wildman–Crippen LogP) is 6.80. The van der Waals surface area contributed by atoms with Crippen molar-refractivity contribution in [1.82, 2.24) is 4.90 Å². The van der Waals surface area contributed by atoms with Gasteiger partial charge in [-0.2, -0.15) is 5.26 Å². The Morgan fingerprint density at radius 3 is 2.27 bits per heavy atom. The highest BCUT2D eigenvalue weighted by molar-refractivity contribution is 5.88. The van der Waals surface area contributed by atoms with Gasteiger partial charge in [0.25, 0.3) is 0 Å². The second kappa shape index (κ2) is 12.4. The number of carbonyl (C=O) groups excluding carboxylic acids is 2. The predicted molar refractivity (Wildman–Crippen MR) is 144 cm³/mol. The van der Waals surface area contributed by atoms with Crippen LogP contribution in [0, 0.1) is 11.3 Å². The standard InChI is InChI=1S/C32H34N2O3/c1-2-3-15-30(35)34(23-25-16-18-27(19-17-25)29-14-8-7-13-28(29)22-33)32(20-9-10-21-32)31(36)37-24-26-11-5-4-6-12-26/h4-8,11-14,16-19H,2-3,9-10,15,20-21,23-24H2,1H3. The minimum atomic E-state index is -0.939. The van der Waals surface area contributed by atoms with Gasteiger partial charge in [-0.1, -0.05) is 99.0 Å². The van der Waals surface area contributed by atoms with Gasteiger partial charge in [0.15, 0.2) is 0 Å². The molecule has 0 saturated heterocycles. The number of hydrogen-bond donors (Lipinski definition) is 0. The fourth-order valence-electron chi connectivity index (χ4n) is 5.15. The molecule has 0 atom stereocenters. The fourth-order valence-corrected chi connectivity index (χ4v) is 5.15. The molecule has 0 unspecified atom stereocenters. The molecule has 0 aromatic heterocycles. The summed E-state index contributed by atoms with van der Waals surface area (Å²) < 4.78 is 5.83. The highest BCUT2D eigenvalue weighted by atomic mass is 16.5. The van der Waals surface area contributed by atoms with Crippen LogP contribution >= 0.6 is 0 Å². The van der Waals surface area contributed by atoms with E-state index in [9.17, 15) is 14.9 Å². The molecule has 37 heavy (non-hydrogen) atoms. The molecule has 0 heterocycles. The molecular formula is C32H34N2O3. The molecule has 0 bridgehead atoms. The second-order valence-corrected chi connectivity index (χ2v) is 9.74. The number of rotatable bonds is 10. The summed E-state index contributed by atoms with van der Waals surface area (Å²) >= 11 is 0. The van der Waals surface area contributed by atoms with Crippen molar-refractivity contribution in [3.8, 4) is 17.2 Å². The number of unbranched alkanes of at least 4 members (excludes halogenated alkanes) is 1. The van der Waals surface area contributed by atoms with Crippen LogP contribution < -0.4 is 0 Å². The van der Waals surface area contributed by atoms with E-state index in [1.165, 1.54) is 0 Å². The Labute approximate surface area is 219 Å². The summed E-state index contributed by atoms with van der Waals surface area (Å²) in [6.45, 7) is 2.61. The fraction of sp³-hybridized carbons (Fsp3) is 0.344. The lowest BCUT2D eigenvalue weighted by Gasteiger charge is -2.39. The number of hydrogen-bond acceptors (Lipinski definition) is 4. The maximum Gasteiger partial charge on any atom is 0.332 e. The van der Waals surface area contributed by atoms with E-state index in [0.717, 1.165) is 47.9 Å².